The second-order valence-electron chi connectivity index (χ2n) is 4.58. The summed E-state index contributed by atoms with van der Waals surface area (Å²) in [4.78, 5) is -0.0182. The van der Waals surface area contributed by atoms with Crippen molar-refractivity contribution in [3.8, 4) is 0 Å². The molecule has 0 saturated heterocycles. The minimum atomic E-state index is -3.81. The van der Waals surface area contributed by atoms with E-state index in [1.807, 2.05) is 6.92 Å². The van der Waals surface area contributed by atoms with Gasteiger partial charge in [-0.25, -0.2) is 22.0 Å². The number of aryl methyl sites for hydroxylation is 1. The molecule has 0 saturated carbocycles. The molecule has 1 aromatic carbocycles. The van der Waals surface area contributed by atoms with Gasteiger partial charge in [0.05, 0.1) is 16.8 Å². The largest absolute Gasteiger partial charge is 0.280 e. The van der Waals surface area contributed by atoms with Crippen LogP contribution in [0.3, 0.4) is 0 Å². The van der Waals surface area contributed by atoms with E-state index in [9.17, 15) is 16.8 Å². The lowest BCUT2D eigenvalue weighted by Crippen LogP contribution is -2.15. The lowest BCUT2D eigenvalue weighted by atomic mass is 10.3. The predicted octanol–water partition coefficient (Wildman–Crippen LogP) is 0.660. The Balaban J connectivity index is 2.31. The molecule has 1 aromatic heterocycles. The maximum Gasteiger partial charge on any atom is 0.265 e. The number of nitrogens with zero attached hydrogens (tertiary/aromatic N) is 2. The standard InChI is InChI=1S/C12H16N4O4S2/c1-3-16-9(2)12(8-14-16)22(19,20)15-10-4-6-11(7-5-10)21(13,17)18/h4-8,15H,3H2,1-2H3,(H2,13,17,18). The lowest BCUT2D eigenvalue weighted by molar-refractivity contribution is 0.597. The van der Waals surface area contributed by atoms with Crippen molar-refractivity contribution in [2.45, 2.75) is 30.2 Å². The Bertz CT molecular complexity index is 884. The zero-order valence-electron chi connectivity index (χ0n) is 12.0. The number of aromatic nitrogens is 2. The molecule has 3 N–H and O–H groups in total. The van der Waals surface area contributed by atoms with E-state index < -0.39 is 20.0 Å². The number of sulfonamides is 2. The number of hydrogen-bond donors (Lipinski definition) is 2. The van der Waals surface area contributed by atoms with Crippen molar-refractivity contribution in [3.05, 3.63) is 36.2 Å². The third-order valence-corrected chi connectivity index (χ3v) is 5.50. The summed E-state index contributed by atoms with van der Waals surface area (Å²) in [5, 5.41) is 8.98. The third kappa shape index (κ3) is 3.29. The van der Waals surface area contributed by atoms with Crippen LogP contribution in [0.15, 0.2) is 40.3 Å². The van der Waals surface area contributed by atoms with Crippen molar-refractivity contribution in [2.75, 3.05) is 4.72 Å². The van der Waals surface area contributed by atoms with E-state index in [2.05, 4.69) is 9.82 Å². The van der Waals surface area contributed by atoms with Crippen molar-refractivity contribution in [2.24, 2.45) is 5.14 Å². The maximum atomic E-state index is 12.3. The molecule has 0 spiro atoms. The van der Waals surface area contributed by atoms with E-state index in [4.69, 9.17) is 5.14 Å². The lowest BCUT2D eigenvalue weighted by Gasteiger charge is -2.08. The summed E-state index contributed by atoms with van der Waals surface area (Å²) >= 11 is 0. The highest BCUT2D eigenvalue weighted by atomic mass is 32.2. The zero-order chi connectivity index (χ0) is 16.5. The van der Waals surface area contributed by atoms with Crippen LogP contribution >= 0.6 is 0 Å². The number of hydrogen-bond acceptors (Lipinski definition) is 5. The Morgan fingerprint density at radius 1 is 1.18 bits per heavy atom. The molecule has 0 aliphatic carbocycles. The fourth-order valence-electron chi connectivity index (χ4n) is 1.93. The minimum absolute atomic E-state index is 0.0740. The first-order valence-corrected chi connectivity index (χ1v) is 9.36. The number of primary sulfonamides is 1. The molecule has 1 heterocycles. The van der Waals surface area contributed by atoms with Gasteiger partial charge in [0, 0.05) is 12.2 Å². The number of nitrogens with one attached hydrogen (secondary N) is 1. The molecule has 2 rings (SSSR count). The highest BCUT2D eigenvalue weighted by Gasteiger charge is 2.20. The third-order valence-electron chi connectivity index (χ3n) is 3.08. The van der Waals surface area contributed by atoms with Crippen molar-refractivity contribution in [1.29, 1.82) is 0 Å². The van der Waals surface area contributed by atoms with Crippen LogP contribution in [0.5, 0.6) is 0 Å². The summed E-state index contributed by atoms with van der Waals surface area (Å²) in [6, 6.07) is 5.12. The van der Waals surface area contributed by atoms with Gasteiger partial charge >= 0.3 is 0 Å². The van der Waals surface area contributed by atoms with Crippen molar-refractivity contribution in [1.82, 2.24) is 9.78 Å². The van der Waals surface area contributed by atoms with Gasteiger partial charge < -0.3 is 0 Å². The normalized spacial score (nSPS) is 12.3. The van der Waals surface area contributed by atoms with Crippen LogP contribution in [0.1, 0.15) is 12.6 Å². The number of rotatable bonds is 5. The van der Waals surface area contributed by atoms with Crippen molar-refractivity contribution < 1.29 is 16.8 Å². The maximum absolute atomic E-state index is 12.3. The molecule has 10 heteroatoms. The van der Waals surface area contributed by atoms with Crippen LogP contribution in [-0.2, 0) is 26.6 Å². The average Bonchev–Trinajstić information content (AvgIpc) is 2.79. The molecule has 0 atom stereocenters. The quantitative estimate of drug-likeness (QED) is 0.824. The van der Waals surface area contributed by atoms with Crippen molar-refractivity contribution >= 4 is 25.7 Å². The molecule has 8 nitrogen and oxygen atoms in total. The Morgan fingerprint density at radius 2 is 1.77 bits per heavy atom. The molecule has 22 heavy (non-hydrogen) atoms. The summed E-state index contributed by atoms with van der Waals surface area (Å²) in [6.07, 6.45) is 1.28. The van der Waals surface area contributed by atoms with Crippen molar-refractivity contribution in [3.63, 3.8) is 0 Å². The van der Waals surface area contributed by atoms with E-state index in [1.165, 1.54) is 30.5 Å². The van der Waals surface area contributed by atoms with E-state index >= 15 is 0 Å². The topological polar surface area (TPSA) is 124 Å². The smallest absolute Gasteiger partial charge is 0.265 e. The second kappa shape index (κ2) is 5.71. The summed E-state index contributed by atoms with van der Waals surface area (Å²) in [5.74, 6) is 0. The molecule has 2 aromatic rings. The van der Waals surface area contributed by atoms with Gasteiger partial charge in [0.2, 0.25) is 10.0 Å². The molecular formula is C12H16N4O4S2. The SMILES string of the molecule is CCn1ncc(S(=O)(=O)Nc2ccc(S(N)(=O)=O)cc2)c1C. The van der Waals surface area contributed by atoms with E-state index in [-0.39, 0.29) is 15.5 Å². The molecule has 0 aliphatic rings. The van der Waals surface area contributed by atoms with Gasteiger partial charge in [-0.3, -0.25) is 9.40 Å². The number of nitrogens with two attached hydrogens (primary N) is 1. The first-order chi connectivity index (χ1) is 10.1. The van der Waals surface area contributed by atoms with Gasteiger partial charge in [0.15, 0.2) is 0 Å². The van der Waals surface area contributed by atoms with Gasteiger partial charge in [-0.1, -0.05) is 0 Å². The number of anilines is 1. The van der Waals surface area contributed by atoms with Crippen LogP contribution in [0.2, 0.25) is 0 Å². The first kappa shape index (κ1) is 16.5. The monoisotopic (exact) mass is 344 g/mol. The molecular weight excluding hydrogens is 328 g/mol. The predicted molar refractivity (Wildman–Crippen MR) is 81.3 cm³/mol. The second-order valence-corrected chi connectivity index (χ2v) is 7.80. The Hall–Kier alpha value is -1.91. The minimum Gasteiger partial charge on any atom is -0.280 e. The highest BCUT2D eigenvalue weighted by molar-refractivity contribution is 7.92. The van der Waals surface area contributed by atoms with E-state index in [0.717, 1.165) is 0 Å². The molecule has 0 radical (unpaired) electrons. The zero-order valence-corrected chi connectivity index (χ0v) is 13.6. The van der Waals surface area contributed by atoms with Gasteiger partial charge in [0.1, 0.15) is 4.90 Å². The summed E-state index contributed by atoms with van der Waals surface area (Å²) in [6.45, 7) is 4.08. The van der Waals surface area contributed by atoms with E-state index in [1.54, 1.807) is 11.6 Å². The summed E-state index contributed by atoms with van der Waals surface area (Å²) in [7, 11) is -7.61. The molecule has 0 bridgehead atoms. The first-order valence-electron chi connectivity index (χ1n) is 6.33. The molecule has 0 amide bonds. The summed E-state index contributed by atoms with van der Waals surface area (Å²) < 4.78 is 50.9. The van der Waals surface area contributed by atoms with E-state index in [0.29, 0.717) is 12.2 Å². The average molecular weight is 344 g/mol. The molecule has 0 fully saturated rings. The van der Waals surface area contributed by atoms with Gasteiger partial charge in [-0.2, -0.15) is 5.10 Å². The molecule has 0 unspecified atom stereocenters. The van der Waals surface area contributed by atoms with Gasteiger partial charge in [-0.05, 0) is 38.1 Å². The van der Waals surface area contributed by atoms with Gasteiger partial charge in [0.25, 0.3) is 10.0 Å². The van der Waals surface area contributed by atoms with Crippen LogP contribution < -0.4 is 9.86 Å². The summed E-state index contributed by atoms with van der Waals surface area (Å²) in [5.41, 5.74) is 0.757. The fourth-order valence-corrected chi connectivity index (χ4v) is 3.69. The van der Waals surface area contributed by atoms with Gasteiger partial charge in [-0.15, -0.1) is 0 Å². The van der Waals surface area contributed by atoms with Crippen LogP contribution in [-0.4, -0.2) is 26.6 Å². The Kier molecular flexibility index (Phi) is 4.27. The fraction of sp³-hybridized carbons (Fsp3) is 0.250. The highest BCUT2D eigenvalue weighted by Crippen LogP contribution is 2.20. The van der Waals surface area contributed by atoms with Crippen LogP contribution in [0.25, 0.3) is 0 Å². The Morgan fingerprint density at radius 3 is 2.23 bits per heavy atom. The Labute approximate surface area is 129 Å². The van der Waals surface area contributed by atoms with Crippen LogP contribution in [0.4, 0.5) is 5.69 Å². The molecule has 120 valence electrons. The number of benzene rings is 1. The molecule has 0 aliphatic heterocycles. The van der Waals surface area contributed by atoms with Crippen LogP contribution in [0, 0.1) is 6.92 Å².